The van der Waals surface area contributed by atoms with Crippen LogP contribution in [-0.2, 0) is 10.8 Å². The van der Waals surface area contributed by atoms with E-state index < -0.39 is 0 Å². The molecule has 0 aliphatic rings. The molecule has 294 valence electrons. The van der Waals surface area contributed by atoms with Crippen molar-refractivity contribution >= 4 is 43.6 Å². The van der Waals surface area contributed by atoms with Crippen molar-refractivity contribution in [3.8, 4) is 46.0 Å². The maximum atomic E-state index is 6.93. The number of ether oxygens (including phenoxy) is 2. The second kappa shape index (κ2) is 14.2. The molecule has 0 saturated heterocycles. The molecular formula is C52H44N6O2. The van der Waals surface area contributed by atoms with Gasteiger partial charge in [0, 0.05) is 70.1 Å². The number of hydrogen-bond acceptors (Lipinski definition) is 6. The molecule has 60 heavy (non-hydrogen) atoms. The Kier molecular flexibility index (Phi) is 8.75. The number of nitrogens with zero attached hydrogens (tertiary/aromatic N) is 6. The smallest absolute Gasteiger partial charge is 0.159 e. The number of benzene rings is 5. The van der Waals surface area contributed by atoms with Gasteiger partial charge in [-0.15, -0.1) is 0 Å². The molecule has 0 aliphatic heterocycles. The zero-order valence-electron chi connectivity index (χ0n) is 34.5. The molecule has 0 amide bonds. The van der Waals surface area contributed by atoms with Crippen LogP contribution >= 0.6 is 0 Å². The Morgan fingerprint density at radius 1 is 0.400 bits per heavy atom. The molecule has 0 fully saturated rings. The Hall–Kier alpha value is -7.32. The lowest BCUT2D eigenvalue weighted by molar-refractivity contribution is 0.458. The van der Waals surface area contributed by atoms with Crippen LogP contribution in [0.4, 0.5) is 0 Å². The van der Waals surface area contributed by atoms with Gasteiger partial charge in [-0.2, -0.15) is 0 Å². The summed E-state index contributed by atoms with van der Waals surface area (Å²) < 4.78 is 18.3. The molecule has 8 heteroatoms. The molecule has 0 saturated carbocycles. The molecule has 5 aromatic heterocycles. The maximum absolute atomic E-state index is 6.93. The molecule has 8 nitrogen and oxygen atoms in total. The summed E-state index contributed by atoms with van der Waals surface area (Å²) >= 11 is 0. The van der Waals surface area contributed by atoms with Crippen molar-refractivity contribution < 1.29 is 9.47 Å². The zero-order valence-corrected chi connectivity index (χ0v) is 34.5. The molecule has 10 rings (SSSR count). The topological polar surface area (TPSA) is 79.9 Å². The number of pyridine rings is 2. The lowest BCUT2D eigenvalue weighted by atomic mass is 9.84. The van der Waals surface area contributed by atoms with Crippen LogP contribution < -0.4 is 9.47 Å². The lowest BCUT2D eigenvalue weighted by Gasteiger charge is -2.23. The third kappa shape index (κ3) is 6.50. The van der Waals surface area contributed by atoms with Crippen LogP contribution in [-0.4, -0.2) is 29.1 Å². The first-order valence-electron chi connectivity index (χ1n) is 20.3. The van der Waals surface area contributed by atoms with Crippen molar-refractivity contribution in [3.63, 3.8) is 0 Å². The van der Waals surface area contributed by atoms with Gasteiger partial charge < -0.3 is 9.47 Å². The van der Waals surface area contributed by atoms with Crippen molar-refractivity contribution in [1.82, 2.24) is 29.1 Å². The molecule has 5 aromatic carbocycles. The Balaban J connectivity index is 1.15. The molecule has 0 unspecified atom stereocenters. The predicted octanol–water partition coefficient (Wildman–Crippen LogP) is 13.3. The highest BCUT2D eigenvalue weighted by Crippen LogP contribution is 2.45. The van der Waals surface area contributed by atoms with Crippen molar-refractivity contribution in [2.75, 3.05) is 0 Å². The quantitative estimate of drug-likeness (QED) is 0.160. The summed E-state index contributed by atoms with van der Waals surface area (Å²) in [7, 11) is 0. The summed E-state index contributed by atoms with van der Waals surface area (Å²) in [6.45, 7) is 13.5. The third-order valence-corrected chi connectivity index (χ3v) is 11.0. The number of rotatable bonds is 7. The maximum Gasteiger partial charge on any atom is 0.159 e. The molecule has 0 bridgehead atoms. The molecular weight excluding hydrogens is 741 g/mol. The van der Waals surface area contributed by atoms with Crippen molar-refractivity contribution in [1.29, 1.82) is 0 Å². The average Bonchev–Trinajstić information content (AvgIpc) is 3.76. The van der Waals surface area contributed by atoms with E-state index in [2.05, 4.69) is 133 Å². The first kappa shape index (κ1) is 37.0. The molecule has 0 spiro atoms. The Morgan fingerprint density at radius 3 is 1.25 bits per heavy atom. The van der Waals surface area contributed by atoms with Gasteiger partial charge in [-0.25, -0.2) is 19.9 Å². The van der Waals surface area contributed by atoms with Crippen LogP contribution in [0.15, 0.2) is 158 Å². The van der Waals surface area contributed by atoms with Gasteiger partial charge in [0.1, 0.15) is 34.6 Å². The van der Waals surface area contributed by atoms with Gasteiger partial charge in [-0.1, -0.05) is 90.1 Å². The highest BCUT2D eigenvalue weighted by Gasteiger charge is 2.26. The van der Waals surface area contributed by atoms with E-state index in [1.165, 1.54) is 32.7 Å². The first-order valence-corrected chi connectivity index (χ1v) is 20.3. The SMILES string of the molecule is CC(C)(C)c1cc(Oc2cc(Oc3cc(C(C)(C)C)c4c5ccccc5n(-c5ccccn5)c4c3)cc(-c3ncccn3)c2)cc2c1c1ccccc1n2-c1ccccn1. The average molecular weight is 785 g/mol. The van der Waals surface area contributed by atoms with E-state index >= 15 is 0 Å². The largest absolute Gasteiger partial charge is 0.457 e. The normalized spacial score (nSPS) is 12.2. The lowest BCUT2D eigenvalue weighted by Crippen LogP contribution is -2.12. The van der Waals surface area contributed by atoms with E-state index in [1.54, 1.807) is 12.4 Å². The highest BCUT2D eigenvalue weighted by molar-refractivity contribution is 6.12. The molecule has 0 radical (unpaired) electrons. The summed E-state index contributed by atoms with van der Waals surface area (Å²) in [4.78, 5) is 18.8. The molecule has 5 heterocycles. The fraction of sp³-hybridized carbons (Fsp3) is 0.154. The van der Waals surface area contributed by atoms with Crippen LogP contribution in [0.5, 0.6) is 23.0 Å². The van der Waals surface area contributed by atoms with E-state index in [4.69, 9.17) is 19.4 Å². The number of aromatic nitrogens is 6. The Labute approximate surface area is 348 Å². The van der Waals surface area contributed by atoms with E-state index in [9.17, 15) is 0 Å². The van der Waals surface area contributed by atoms with E-state index in [1.807, 2.05) is 73.1 Å². The molecule has 0 N–H and O–H groups in total. The summed E-state index contributed by atoms with van der Waals surface area (Å²) in [6, 6.07) is 45.3. The van der Waals surface area contributed by atoms with Gasteiger partial charge in [0.15, 0.2) is 5.82 Å². The van der Waals surface area contributed by atoms with Crippen molar-refractivity contribution in [3.05, 3.63) is 169 Å². The standard InChI is InChI=1S/C52H44N6O2/c1-51(2,3)40-29-36(31-44-48(40)38-16-7-9-18-42(38)57(44)46-20-11-13-22-53-46)59-34-26-33(50-55-24-15-25-56-50)27-35(28-34)60-37-30-41(52(4,5)6)49-39-17-8-10-19-43(39)58(45(49)32-37)47-21-12-14-23-54-47/h7-32H,1-6H3. The van der Waals surface area contributed by atoms with Gasteiger partial charge in [0.25, 0.3) is 0 Å². The van der Waals surface area contributed by atoms with E-state index in [0.29, 0.717) is 28.8 Å². The minimum Gasteiger partial charge on any atom is -0.457 e. The van der Waals surface area contributed by atoms with Gasteiger partial charge >= 0.3 is 0 Å². The Morgan fingerprint density at radius 2 is 0.817 bits per heavy atom. The van der Waals surface area contributed by atoms with E-state index in [-0.39, 0.29) is 10.8 Å². The Bertz CT molecular complexity index is 3020. The van der Waals surface area contributed by atoms with Gasteiger partial charge in [0.2, 0.25) is 0 Å². The monoisotopic (exact) mass is 784 g/mol. The summed E-state index contributed by atoms with van der Waals surface area (Å²) in [5, 5.41) is 4.70. The molecule has 10 aromatic rings. The predicted molar refractivity (Wildman–Crippen MR) is 242 cm³/mol. The van der Waals surface area contributed by atoms with Crippen LogP contribution in [0, 0.1) is 0 Å². The number of fused-ring (bicyclic) bond motifs is 6. The molecule has 0 atom stereocenters. The number of para-hydroxylation sites is 2. The van der Waals surface area contributed by atoms with Crippen LogP contribution in [0.2, 0.25) is 0 Å². The minimum absolute atomic E-state index is 0.203. The summed E-state index contributed by atoms with van der Waals surface area (Å²) in [5.74, 6) is 4.82. The van der Waals surface area contributed by atoms with Crippen molar-refractivity contribution in [2.24, 2.45) is 0 Å². The van der Waals surface area contributed by atoms with Crippen LogP contribution in [0.1, 0.15) is 52.7 Å². The third-order valence-electron chi connectivity index (χ3n) is 11.0. The minimum atomic E-state index is -0.203. The molecule has 0 aliphatic carbocycles. The fourth-order valence-corrected chi connectivity index (χ4v) is 8.45. The summed E-state index contributed by atoms with van der Waals surface area (Å²) in [5.41, 5.74) is 6.91. The fourth-order valence-electron chi connectivity index (χ4n) is 8.45. The van der Waals surface area contributed by atoms with Crippen molar-refractivity contribution in [2.45, 2.75) is 52.4 Å². The first-order chi connectivity index (χ1) is 29.0. The highest BCUT2D eigenvalue weighted by atomic mass is 16.5. The van der Waals surface area contributed by atoms with Gasteiger partial charge in [0.05, 0.1) is 22.1 Å². The zero-order chi connectivity index (χ0) is 41.2. The van der Waals surface area contributed by atoms with Gasteiger partial charge in [-0.05, 0) is 88.7 Å². The van der Waals surface area contributed by atoms with Gasteiger partial charge in [-0.3, -0.25) is 9.13 Å². The van der Waals surface area contributed by atoms with Crippen LogP contribution in [0.25, 0.3) is 66.6 Å². The van der Waals surface area contributed by atoms with E-state index in [0.717, 1.165) is 39.3 Å². The summed E-state index contributed by atoms with van der Waals surface area (Å²) in [6.07, 6.45) is 7.16. The number of hydrogen-bond donors (Lipinski definition) is 0. The second-order valence-electron chi connectivity index (χ2n) is 17.3. The van der Waals surface area contributed by atoms with Crippen LogP contribution in [0.3, 0.4) is 0 Å². The second-order valence-corrected chi connectivity index (χ2v) is 17.3.